The molecule has 1 aliphatic rings. The lowest BCUT2D eigenvalue weighted by atomic mass is 9.87. The number of carbonyl (C=O) groups excluding carboxylic acids is 2. The number of aryl methyl sites for hydroxylation is 1. The van der Waals surface area contributed by atoms with E-state index in [1.54, 1.807) is 12.1 Å². The molecule has 0 radical (unpaired) electrons. The number of nitrogens with two attached hydrogens (primary N) is 1. The molecule has 0 bridgehead atoms. The molecule has 4 rings (SSSR count). The van der Waals surface area contributed by atoms with Crippen LogP contribution >= 0.6 is 0 Å². The van der Waals surface area contributed by atoms with E-state index in [0.29, 0.717) is 32.4 Å². The van der Waals surface area contributed by atoms with E-state index in [1.165, 1.54) is 12.1 Å². The Balaban J connectivity index is 1.64. The van der Waals surface area contributed by atoms with E-state index in [9.17, 15) is 14.0 Å². The van der Waals surface area contributed by atoms with Gasteiger partial charge in [-0.3, -0.25) is 9.59 Å². The third kappa shape index (κ3) is 3.95. The topological polar surface area (TPSA) is 68.3 Å². The minimum atomic E-state index is -0.296. The predicted octanol–water partition coefficient (Wildman–Crippen LogP) is 3.56. The Labute approximate surface area is 175 Å². The Bertz CT molecular complexity index is 1070. The number of likely N-dealkylation sites (tertiary alicyclic amines) is 1. The summed E-state index contributed by atoms with van der Waals surface area (Å²) in [6, 6.07) is 14.5. The van der Waals surface area contributed by atoms with Crippen LogP contribution in [-0.4, -0.2) is 34.4 Å². The van der Waals surface area contributed by atoms with Crippen molar-refractivity contribution < 1.29 is 14.0 Å². The summed E-state index contributed by atoms with van der Waals surface area (Å²) >= 11 is 0. The Hall–Kier alpha value is -3.15. The number of rotatable bonds is 5. The number of carbonyl (C=O) groups is 2. The van der Waals surface area contributed by atoms with Gasteiger partial charge in [0.25, 0.3) is 0 Å². The van der Waals surface area contributed by atoms with Crippen molar-refractivity contribution in [2.45, 2.75) is 25.2 Å². The highest BCUT2D eigenvalue weighted by Gasteiger charge is 2.29. The van der Waals surface area contributed by atoms with Crippen LogP contribution in [0.4, 0.5) is 4.39 Å². The molecule has 0 spiro atoms. The van der Waals surface area contributed by atoms with Crippen LogP contribution < -0.4 is 5.73 Å². The number of aromatic nitrogens is 1. The van der Waals surface area contributed by atoms with Gasteiger partial charge in [0.2, 0.25) is 11.8 Å². The summed E-state index contributed by atoms with van der Waals surface area (Å²) in [6.07, 6.45) is 3.57. The fourth-order valence-corrected chi connectivity index (χ4v) is 4.47. The number of nitrogens with zero attached hydrogens (tertiary/aromatic N) is 2. The summed E-state index contributed by atoms with van der Waals surface area (Å²) in [4.78, 5) is 26.4. The van der Waals surface area contributed by atoms with E-state index in [1.807, 2.05) is 24.1 Å². The number of hydrogen-bond donors (Lipinski definition) is 1. The fraction of sp³-hybridized carbons (Fsp3) is 0.333. The molecule has 2 aromatic carbocycles. The number of primary amides is 1. The molecule has 1 unspecified atom stereocenters. The third-order valence-corrected chi connectivity index (χ3v) is 6.20. The van der Waals surface area contributed by atoms with Gasteiger partial charge in [0.15, 0.2) is 0 Å². The van der Waals surface area contributed by atoms with Gasteiger partial charge in [-0.2, -0.15) is 0 Å². The first-order valence-electron chi connectivity index (χ1n) is 10.3. The van der Waals surface area contributed by atoms with Crippen LogP contribution in [0.5, 0.6) is 0 Å². The highest BCUT2D eigenvalue weighted by molar-refractivity contribution is 5.86. The van der Waals surface area contributed by atoms with Gasteiger partial charge < -0.3 is 15.2 Å². The molecule has 1 aromatic heterocycles. The van der Waals surface area contributed by atoms with Crippen molar-refractivity contribution in [3.05, 3.63) is 71.7 Å². The predicted molar refractivity (Wildman–Crippen MR) is 114 cm³/mol. The monoisotopic (exact) mass is 407 g/mol. The van der Waals surface area contributed by atoms with Crippen molar-refractivity contribution >= 4 is 22.7 Å². The van der Waals surface area contributed by atoms with Gasteiger partial charge in [-0.1, -0.05) is 30.3 Å². The molecule has 0 aliphatic carbocycles. The molecule has 1 atom stereocenters. The number of benzene rings is 2. The molecule has 1 aliphatic heterocycles. The smallest absolute Gasteiger partial charge is 0.223 e. The van der Waals surface area contributed by atoms with Gasteiger partial charge in [0.05, 0.1) is 0 Å². The molecule has 1 fully saturated rings. The van der Waals surface area contributed by atoms with Crippen molar-refractivity contribution in [1.82, 2.24) is 9.47 Å². The van der Waals surface area contributed by atoms with E-state index in [-0.39, 0.29) is 29.5 Å². The van der Waals surface area contributed by atoms with Crippen molar-refractivity contribution in [3.63, 3.8) is 0 Å². The van der Waals surface area contributed by atoms with Crippen LogP contribution in [0.1, 0.15) is 36.3 Å². The molecule has 0 saturated carbocycles. The summed E-state index contributed by atoms with van der Waals surface area (Å²) in [5.41, 5.74) is 8.47. The van der Waals surface area contributed by atoms with Gasteiger partial charge in [-0.15, -0.1) is 0 Å². The third-order valence-electron chi connectivity index (χ3n) is 6.20. The number of halogens is 1. The maximum Gasteiger partial charge on any atom is 0.223 e. The molecular formula is C24H26FN3O2. The quantitative estimate of drug-likeness (QED) is 0.703. The lowest BCUT2D eigenvalue weighted by Crippen LogP contribution is -2.42. The Morgan fingerprint density at radius 3 is 2.43 bits per heavy atom. The van der Waals surface area contributed by atoms with Crippen LogP contribution in [0.15, 0.2) is 54.7 Å². The van der Waals surface area contributed by atoms with Crippen molar-refractivity contribution in [3.8, 4) is 0 Å². The summed E-state index contributed by atoms with van der Waals surface area (Å²) < 4.78 is 15.6. The van der Waals surface area contributed by atoms with Crippen molar-refractivity contribution in [2.24, 2.45) is 18.7 Å². The zero-order valence-electron chi connectivity index (χ0n) is 17.1. The largest absolute Gasteiger partial charge is 0.369 e. The molecule has 2 amide bonds. The summed E-state index contributed by atoms with van der Waals surface area (Å²) in [5.74, 6) is -0.879. The average molecular weight is 407 g/mol. The first-order valence-corrected chi connectivity index (χ1v) is 10.3. The summed E-state index contributed by atoms with van der Waals surface area (Å²) in [5, 5.41) is 1.09. The van der Waals surface area contributed by atoms with Crippen LogP contribution in [0.2, 0.25) is 0 Å². The number of amides is 2. The minimum absolute atomic E-state index is 0.0418. The molecular weight excluding hydrogens is 381 g/mol. The van der Waals surface area contributed by atoms with E-state index < -0.39 is 0 Å². The number of fused-ring (bicyclic) bond motifs is 1. The number of para-hydroxylation sites is 1. The van der Waals surface area contributed by atoms with Crippen LogP contribution in [0.25, 0.3) is 10.9 Å². The summed E-state index contributed by atoms with van der Waals surface area (Å²) in [6.45, 7) is 1.08. The standard InChI is InChI=1S/C24H26FN3O2/c1-27-15-21(19-4-2-3-5-22(19)27)20(16-6-8-18(25)9-7-16)14-23(29)28-12-10-17(11-13-28)24(26)30/h2-9,15,17,20H,10-14H2,1H3,(H2,26,30). The van der Waals surface area contributed by atoms with E-state index in [0.717, 1.165) is 22.0 Å². The Morgan fingerprint density at radius 1 is 1.10 bits per heavy atom. The maximum absolute atomic E-state index is 13.5. The Morgan fingerprint density at radius 2 is 1.77 bits per heavy atom. The summed E-state index contributed by atoms with van der Waals surface area (Å²) in [7, 11) is 1.99. The molecule has 3 aromatic rings. The van der Waals surface area contributed by atoms with Crippen LogP contribution in [-0.2, 0) is 16.6 Å². The normalized spacial score (nSPS) is 16.0. The molecule has 5 nitrogen and oxygen atoms in total. The molecule has 1 saturated heterocycles. The molecule has 6 heteroatoms. The second kappa shape index (κ2) is 8.30. The molecule has 156 valence electrons. The van der Waals surface area contributed by atoms with E-state index >= 15 is 0 Å². The van der Waals surface area contributed by atoms with Gasteiger partial charge in [0, 0.05) is 55.5 Å². The highest BCUT2D eigenvalue weighted by Crippen LogP contribution is 2.35. The highest BCUT2D eigenvalue weighted by atomic mass is 19.1. The van der Waals surface area contributed by atoms with E-state index in [2.05, 4.69) is 22.9 Å². The van der Waals surface area contributed by atoms with E-state index in [4.69, 9.17) is 5.73 Å². The number of hydrogen-bond acceptors (Lipinski definition) is 2. The lowest BCUT2D eigenvalue weighted by Gasteiger charge is -2.31. The SMILES string of the molecule is Cn1cc(C(CC(=O)N2CCC(C(N)=O)CC2)c2ccc(F)cc2)c2ccccc21. The second-order valence-electron chi connectivity index (χ2n) is 8.08. The minimum Gasteiger partial charge on any atom is -0.369 e. The Kier molecular flexibility index (Phi) is 5.57. The molecule has 2 heterocycles. The second-order valence-corrected chi connectivity index (χ2v) is 8.08. The zero-order chi connectivity index (χ0) is 21.3. The molecule has 30 heavy (non-hydrogen) atoms. The van der Waals surface area contributed by atoms with Gasteiger partial charge >= 0.3 is 0 Å². The lowest BCUT2D eigenvalue weighted by molar-refractivity contribution is -0.135. The molecule has 2 N–H and O–H groups in total. The number of piperidine rings is 1. The fourth-order valence-electron chi connectivity index (χ4n) is 4.47. The van der Waals surface area contributed by atoms with Crippen molar-refractivity contribution in [1.29, 1.82) is 0 Å². The average Bonchev–Trinajstić information content (AvgIpc) is 3.09. The first-order chi connectivity index (χ1) is 14.4. The van der Waals surface area contributed by atoms with Gasteiger partial charge in [0.1, 0.15) is 5.82 Å². The van der Waals surface area contributed by atoms with Crippen molar-refractivity contribution in [2.75, 3.05) is 13.1 Å². The van der Waals surface area contributed by atoms with Crippen LogP contribution in [0.3, 0.4) is 0 Å². The van der Waals surface area contributed by atoms with Crippen LogP contribution in [0, 0.1) is 11.7 Å². The zero-order valence-corrected chi connectivity index (χ0v) is 17.1. The van der Waals surface area contributed by atoms with Gasteiger partial charge in [-0.25, -0.2) is 4.39 Å². The van der Waals surface area contributed by atoms with Gasteiger partial charge in [-0.05, 0) is 42.2 Å². The first kappa shape index (κ1) is 20.1. The maximum atomic E-state index is 13.5.